The first-order valence-electron chi connectivity index (χ1n) is 20.8. The number of fused-ring (bicyclic) bond motifs is 9. The summed E-state index contributed by atoms with van der Waals surface area (Å²) in [5.74, 6) is 2.00. The van der Waals surface area contributed by atoms with Crippen molar-refractivity contribution in [1.29, 1.82) is 0 Å². The molecule has 0 fully saturated rings. The van der Waals surface area contributed by atoms with Crippen LogP contribution in [0.2, 0.25) is 0 Å². The summed E-state index contributed by atoms with van der Waals surface area (Å²) in [4.78, 5) is 9.96. The maximum absolute atomic E-state index is 6.75. The Bertz CT molecular complexity index is 3520. The monoisotopic (exact) mass is 981 g/mol. The molecule has 11 rings (SSSR count). The Morgan fingerprint density at radius 1 is 0.516 bits per heavy atom. The average Bonchev–Trinajstić information content (AvgIpc) is 3.84. The number of aromatic nitrogens is 4. The molecule has 0 aliphatic rings. The first-order chi connectivity index (χ1) is 29.7. The van der Waals surface area contributed by atoms with Gasteiger partial charge in [0.1, 0.15) is 5.82 Å². The van der Waals surface area contributed by atoms with Crippen molar-refractivity contribution in [3.63, 3.8) is 0 Å². The van der Waals surface area contributed by atoms with Crippen LogP contribution in [0.1, 0.15) is 33.4 Å². The van der Waals surface area contributed by atoms with E-state index in [1.165, 1.54) is 61.2 Å². The molecule has 6 heteroatoms. The zero-order chi connectivity index (χ0) is 41.5. The fourth-order valence-electron chi connectivity index (χ4n) is 9.80. The number of nitrogens with zero attached hydrogens (tertiary/aromatic N) is 4. The number of rotatable bonds is 6. The first kappa shape index (κ1) is 39.3. The van der Waals surface area contributed by atoms with Gasteiger partial charge in [0.05, 0.1) is 11.3 Å². The molecule has 0 aliphatic carbocycles. The summed E-state index contributed by atoms with van der Waals surface area (Å²) in [5.41, 5.74) is 18.3. The van der Waals surface area contributed by atoms with Gasteiger partial charge in [-0.2, -0.15) is 6.07 Å². The second-order valence-corrected chi connectivity index (χ2v) is 16.4. The van der Waals surface area contributed by atoms with Gasteiger partial charge in [-0.15, -0.1) is 29.7 Å². The van der Waals surface area contributed by atoms with Crippen LogP contribution in [-0.2, 0) is 21.1 Å². The van der Waals surface area contributed by atoms with Crippen molar-refractivity contribution in [2.24, 2.45) is 0 Å². The number of benzene rings is 7. The first-order valence-corrected chi connectivity index (χ1v) is 20.8. The molecule has 0 N–H and O–H groups in total. The Morgan fingerprint density at radius 2 is 1.13 bits per heavy atom. The van der Waals surface area contributed by atoms with Gasteiger partial charge in [-0.05, 0) is 138 Å². The number of imidazole rings is 1. The number of aryl methyl sites for hydroxylation is 6. The Balaban J connectivity index is 0.00000458. The second-order valence-electron chi connectivity index (χ2n) is 16.4. The van der Waals surface area contributed by atoms with Crippen LogP contribution < -0.4 is 4.74 Å². The summed E-state index contributed by atoms with van der Waals surface area (Å²) in [6.45, 7) is 13.2. The van der Waals surface area contributed by atoms with Crippen molar-refractivity contribution in [3.05, 3.63) is 191 Å². The van der Waals surface area contributed by atoms with Gasteiger partial charge in [0, 0.05) is 40.5 Å². The molecule has 0 radical (unpaired) electrons. The smallest absolute Gasteiger partial charge is 0.503 e. The van der Waals surface area contributed by atoms with Crippen LogP contribution in [0.4, 0.5) is 0 Å². The molecule has 0 atom stereocenters. The SMILES string of the molecule is Cc1cccc(C)c1-c1cc(-c2c(C)cccc2C)c2c3ccc(Oc4[c-]c5c(cc4)c4ccccc4n5-c4ccccn4)[c-]c3c3ncc(-c4c(C)cccc4C)n3c2c1.[Pt+2]. The van der Waals surface area contributed by atoms with Gasteiger partial charge in [0.25, 0.3) is 0 Å². The third kappa shape index (κ3) is 6.17. The van der Waals surface area contributed by atoms with Crippen LogP contribution in [-0.4, -0.2) is 18.9 Å². The minimum absolute atomic E-state index is 0. The third-order valence-corrected chi connectivity index (χ3v) is 12.4. The number of pyridine rings is 2. The summed E-state index contributed by atoms with van der Waals surface area (Å²) < 4.78 is 11.3. The summed E-state index contributed by atoms with van der Waals surface area (Å²) in [6, 6.07) is 54.5. The molecule has 11 aromatic rings. The normalized spacial score (nSPS) is 11.6. The predicted molar refractivity (Wildman–Crippen MR) is 251 cm³/mol. The number of hydrogen-bond acceptors (Lipinski definition) is 3. The van der Waals surface area contributed by atoms with Crippen molar-refractivity contribution < 1.29 is 25.8 Å². The molecule has 4 aromatic heterocycles. The number of hydrogen-bond donors (Lipinski definition) is 0. The van der Waals surface area contributed by atoms with Crippen molar-refractivity contribution in [3.8, 4) is 50.8 Å². The molecular weight excluding hydrogens is 940 g/mol. The topological polar surface area (TPSA) is 44.3 Å². The Labute approximate surface area is 375 Å². The van der Waals surface area contributed by atoms with Crippen LogP contribution in [0.5, 0.6) is 11.5 Å². The largest absolute Gasteiger partial charge is 2.00 e. The van der Waals surface area contributed by atoms with Gasteiger partial charge < -0.3 is 13.7 Å². The van der Waals surface area contributed by atoms with E-state index in [1.807, 2.05) is 42.7 Å². The van der Waals surface area contributed by atoms with Crippen molar-refractivity contribution in [2.45, 2.75) is 41.5 Å². The van der Waals surface area contributed by atoms with E-state index in [9.17, 15) is 0 Å². The Hall–Kier alpha value is -6.81. The van der Waals surface area contributed by atoms with E-state index in [1.54, 1.807) is 0 Å². The zero-order valence-electron chi connectivity index (χ0n) is 35.4. The zero-order valence-corrected chi connectivity index (χ0v) is 37.6. The standard InChI is InChI=1S/C56H42N4O.Pt/c1-33-14-11-15-34(2)52(33)39-28-46(53-35(3)16-12-17-36(53)4)55-44-26-24-40(30-45(44)56-58-32-50(60(56)49(55)29-39)54-37(5)18-13-19-38(54)6)61-41-23-25-43-42-20-7-8-21-47(42)59(48(43)31-41)51-22-9-10-27-57-51;/h7-29,32H,1-6H3;/q-2;+2. The molecule has 0 amide bonds. The molecule has 0 saturated heterocycles. The van der Waals surface area contributed by atoms with Crippen LogP contribution >= 0.6 is 0 Å². The van der Waals surface area contributed by atoms with E-state index >= 15 is 0 Å². The quantitative estimate of drug-likeness (QED) is 0.123. The van der Waals surface area contributed by atoms with Gasteiger partial charge in [0.2, 0.25) is 0 Å². The number of ether oxygens (including phenoxy) is 1. The summed E-state index contributed by atoms with van der Waals surface area (Å²) in [6.07, 6.45) is 3.86. The minimum atomic E-state index is 0. The fraction of sp³-hybridized carbons (Fsp3) is 0.107. The molecule has 0 saturated carbocycles. The molecule has 5 nitrogen and oxygen atoms in total. The number of para-hydroxylation sites is 1. The maximum atomic E-state index is 6.75. The van der Waals surface area contributed by atoms with Crippen molar-refractivity contribution in [2.75, 3.05) is 0 Å². The molecule has 62 heavy (non-hydrogen) atoms. The van der Waals surface area contributed by atoms with Crippen molar-refractivity contribution in [1.82, 2.24) is 18.9 Å². The second kappa shape index (κ2) is 15.3. The average molecular weight is 982 g/mol. The van der Waals surface area contributed by atoms with Crippen LogP contribution in [0.25, 0.3) is 88.5 Å². The molecule has 4 heterocycles. The predicted octanol–water partition coefficient (Wildman–Crippen LogP) is 14.4. The van der Waals surface area contributed by atoms with Gasteiger partial charge in [-0.25, -0.2) is 4.98 Å². The molecule has 0 spiro atoms. The van der Waals surface area contributed by atoms with E-state index in [2.05, 4.69) is 166 Å². The molecule has 302 valence electrons. The molecule has 7 aromatic carbocycles. The summed E-state index contributed by atoms with van der Waals surface area (Å²) in [7, 11) is 0. The minimum Gasteiger partial charge on any atom is -0.503 e. The Kier molecular flexibility index (Phi) is 9.69. The third-order valence-electron chi connectivity index (χ3n) is 12.4. The molecule has 0 aliphatic heterocycles. The summed E-state index contributed by atoms with van der Waals surface area (Å²) >= 11 is 0. The van der Waals surface area contributed by atoms with Gasteiger partial charge >= 0.3 is 21.1 Å². The van der Waals surface area contributed by atoms with E-state index in [4.69, 9.17) is 14.7 Å². The van der Waals surface area contributed by atoms with E-state index in [0.29, 0.717) is 11.5 Å². The maximum Gasteiger partial charge on any atom is 2.00 e. The van der Waals surface area contributed by atoms with Crippen LogP contribution in [0.3, 0.4) is 0 Å². The summed E-state index contributed by atoms with van der Waals surface area (Å²) in [5, 5.41) is 5.32. The van der Waals surface area contributed by atoms with E-state index in [-0.39, 0.29) is 21.1 Å². The van der Waals surface area contributed by atoms with E-state index in [0.717, 1.165) is 60.6 Å². The van der Waals surface area contributed by atoms with Crippen LogP contribution in [0, 0.1) is 53.7 Å². The van der Waals surface area contributed by atoms with E-state index < -0.39 is 0 Å². The van der Waals surface area contributed by atoms with Crippen LogP contribution in [0.15, 0.2) is 146 Å². The van der Waals surface area contributed by atoms with Gasteiger partial charge in [-0.1, -0.05) is 101 Å². The fourth-order valence-corrected chi connectivity index (χ4v) is 9.80. The van der Waals surface area contributed by atoms with Crippen molar-refractivity contribution >= 4 is 49.1 Å². The molecule has 0 bridgehead atoms. The van der Waals surface area contributed by atoms with Gasteiger partial charge in [-0.3, -0.25) is 4.98 Å². The Morgan fingerprint density at radius 3 is 1.81 bits per heavy atom. The molecular formula is C56H42N4OPt. The molecule has 0 unspecified atom stereocenters. The van der Waals surface area contributed by atoms with Gasteiger partial charge in [0.15, 0.2) is 0 Å².